The molecule has 1 atom stereocenters. The lowest BCUT2D eigenvalue weighted by molar-refractivity contribution is -0.108. The molecule has 0 aliphatic carbocycles. The Bertz CT molecular complexity index is 391. The number of aldehydes is 1. The first-order valence-corrected chi connectivity index (χ1v) is 6.68. The highest BCUT2D eigenvalue weighted by atomic mass is 16.6. The van der Waals surface area contributed by atoms with E-state index in [1.54, 1.807) is 4.90 Å². The van der Waals surface area contributed by atoms with Crippen LogP contribution >= 0.6 is 0 Å². The maximum Gasteiger partial charge on any atom is 0.410 e. The maximum atomic E-state index is 12.3. The number of hydrogen-bond donors (Lipinski definition) is 0. The summed E-state index contributed by atoms with van der Waals surface area (Å²) >= 11 is 0. The number of rotatable bonds is 2. The van der Waals surface area contributed by atoms with Gasteiger partial charge in [-0.2, -0.15) is 0 Å². The summed E-state index contributed by atoms with van der Waals surface area (Å²) in [6.45, 7) is 12.2. The van der Waals surface area contributed by atoms with Gasteiger partial charge in [0.2, 0.25) is 0 Å². The van der Waals surface area contributed by atoms with Crippen LogP contribution in [0, 0.1) is 5.41 Å². The average Bonchev–Trinajstić information content (AvgIpc) is 2.18. The van der Waals surface area contributed by atoms with Crippen LogP contribution in [0.3, 0.4) is 0 Å². The van der Waals surface area contributed by atoms with Gasteiger partial charge in [-0.3, -0.25) is 0 Å². The van der Waals surface area contributed by atoms with Crippen LogP contribution in [-0.2, 0) is 9.53 Å². The van der Waals surface area contributed by atoms with Gasteiger partial charge in [0.25, 0.3) is 0 Å². The molecule has 0 fully saturated rings. The molecule has 0 bridgehead atoms. The minimum absolute atomic E-state index is 0.0969. The fourth-order valence-corrected chi connectivity index (χ4v) is 2.47. The molecule has 1 heterocycles. The molecule has 0 aromatic heterocycles. The smallest absolute Gasteiger partial charge is 0.410 e. The number of hydrogen-bond acceptors (Lipinski definition) is 3. The van der Waals surface area contributed by atoms with E-state index in [0.717, 1.165) is 11.9 Å². The molecule has 0 aromatic carbocycles. The van der Waals surface area contributed by atoms with Crippen molar-refractivity contribution in [3.63, 3.8) is 0 Å². The quantitative estimate of drug-likeness (QED) is 0.570. The summed E-state index contributed by atoms with van der Waals surface area (Å²) in [5.74, 6) is 0. The summed E-state index contributed by atoms with van der Waals surface area (Å²) < 4.78 is 5.44. The van der Waals surface area contributed by atoms with Crippen molar-refractivity contribution >= 4 is 12.4 Å². The summed E-state index contributed by atoms with van der Waals surface area (Å²) in [5.41, 5.74) is 0.428. The van der Waals surface area contributed by atoms with Crippen LogP contribution in [0.4, 0.5) is 4.79 Å². The van der Waals surface area contributed by atoms with Gasteiger partial charge in [-0.05, 0) is 27.7 Å². The fraction of sp³-hybridized carbons (Fsp3) is 0.733. The van der Waals surface area contributed by atoms with Gasteiger partial charge in [-0.15, -0.1) is 0 Å². The van der Waals surface area contributed by atoms with Crippen LogP contribution < -0.4 is 0 Å². The molecule has 0 saturated carbocycles. The van der Waals surface area contributed by atoms with Gasteiger partial charge in [0, 0.05) is 18.4 Å². The first-order valence-electron chi connectivity index (χ1n) is 6.68. The van der Waals surface area contributed by atoms with E-state index in [1.165, 1.54) is 0 Å². The van der Waals surface area contributed by atoms with E-state index in [0.29, 0.717) is 13.0 Å². The summed E-state index contributed by atoms with van der Waals surface area (Å²) in [6.07, 6.45) is 2.97. The molecule has 1 unspecified atom stereocenters. The van der Waals surface area contributed by atoms with Gasteiger partial charge in [0.15, 0.2) is 0 Å². The average molecular weight is 267 g/mol. The van der Waals surface area contributed by atoms with Crippen molar-refractivity contribution in [1.29, 1.82) is 0 Å². The Hall–Kier alpha value is -1.32. The molecule has 0 N–H and O–H groups in total. The third kappa shape index (κ3) is 4.37. The molecule has 4 heteroatoms. The van der Waals surface area contributed by atoms with Crippen LogP contribution in [0.15, 0.2) is 11.6 Å². The molecule has 0 spiro atoms. The van der Waals surface area contributed by atoms with Crippen molar-refractivity contribution in [1.82, 2.24) is 4.90 Å². The van der Waals surface area contributed by atoms with Crippen LogP contribution in [0.5, 0.6) is 0 Å². The third-order valence-electron chi connectivity index (χ3n) is 3.05. The molecular weight excluding hydrogens is 242 g/mol. The summed E-state index contributed by atoms with van der Waals surface area (Å²) in [6, 6.07) is -0.180. The van der Waals surface area contributed by atoms with Crippen molar-refractivity contribution in [2.75, 3.05) is 6.54 Å². The lowest BCUT2D eigenvalue weighted by Gasteiger charge is -2.42. The zero-order valence-corrected chi connectivity index (χ0v) is 12.8. The van der Waals surface area contributed by atoms with Crippen LogP contribution in [0.25, 0.3) is 0 Å². The van der Waals surface area contributed by atoms with E-state index in [9.17, 15) is 9.59 Å². The van der Waals surface area contributed by atoms with E-state index < -0.39 is 5.60 Å². The lowest BCUT2D eigenvalue weighted by Crippen LogP contribution is -2.50. The highest BCUT2D eigenvalue weighted by Crippen LogP contribution is 2.32. The Balaban J connectivity index is 2.98. The molecular formula is C15H25NO3. The second kappa shape index (κ2) is 5.35. The van der Waals surface area contributed by atoms with Crippen molar-refractivity contribution in [2.45, 2.75) is 59.6 Å². The fourth-order valence-electron chi connectivity index (χ4n) is 2.47. The SMILES string of the molecule is CC1=CC(C)(C)CN(C(=O)OC(C)(C)C)C1CC=O. The highest BCUT2D eigenvalue weighted by Gasteiger charge is 2.36. The summed E-state index contributed by atoms with van der Waals surface area (Å²) in [4.78, 5) is 24.8. The van der Waals surface area contributed by atoms with E-state index in [2.05, 4.69) is 19.9 Å². The van der Waals surface area contributed by atoms with E-state index >= 15 is 0 Å². The summed E-state index contributed by atoms with van der Waals surface area (Å²) in [5, 5.41) is 0. The standard InChI is InChI=1S/C15H25NO3/c1-11-9-15(5,6)10-16(12(11)7-8-17)13(18)19-14(2,3)4/h8-9,12H,7,10H2,1-6H3. The van der Waals surface area contributed by atoms with E-state index in [1.807, 2.05) is 27.7 Å². The Morgan fingerprint density at radius 1 is 1.53 bits per heavy atom. The highest BCUT2D eigenvalue weighted by molar-refractivity contribution is 5.70. The molecule has 19 heavy (non-hydrogen) atoms. The van der Waals surface area contributed by atoms with Gasteiger partial charge in [-0.1, -0.05) is 25.5 Å². The molecule has 4 nitrogen and oxygen atoms in total. The van der Waals surface area contributed by atoms with E-state index in [-0.39, 0.29) is 17.6 Å². The molecule has 1 rings (SSSR count). The number of carbonyl (C=O) groups excluding carboxylic acids is 2. The zero-order valence-electron chi connectivity index (χ0n) is 12.8. The number of amides is 1. The molecule has 1 aliphatic heterocycles. The van der Waals surface area contributed by atoms with Crippen molar-refractivity contribution in [3.05, 3.63) is 11.6 Å². The monoisotopic (exact) mass is 267 g/mol. The second-order valence-corrected chi connectivity index (χ2v) is 6.90. The number of carbonyl (C=O) groups is 2. The Morgan fingerprint density at radius 3 is 2.58 bits per heavy atom. The van der Waals surface area contributed by atoms with Gasteiger partial charge in [0.05, 0.1) is 6.04 Å². The predicted octanol–water partition coefficient (Wildman–Crippen LogP) is 3.17. The first kappa shape index (κ1) is 15.7. The van der Waals surface area contributed by atoms with Gasteiger partial charge >= 0.3 is 6.09 Å². The Morgan fingerprint density at radius 2 is 2.11 bits per heavy atom. The predicted molar refractivity (Wildman–Crippen MR) is 74.9 cm³/mol. The van der Waals surface area contributed by atoms with Crippen molar-refractivity contribution in [2.24, 2.45) is 5.41 Å². The van der Waals surface area contributed by atoms with Crippen LogP contribution in [0.2, 0.25) is 0 Å². The topological polar surface area (TPSA) is 46.6 Å². The van der Waals surface area contributed by atoms with Gasteiger partial charge in [-0.25, -0.2) is 4.79 Å². The maximum absolute atomic E-state index is 12.3. The number of ether oxygens (including phenoxy) is 1. The largest absolute Gasteiger partial charge is 0.444 e. The van der Waals surface area contributed by atoms with Crippen molar-refractivity contribution in [3.8, 4) is 0 Å². The van der Waals surface area contributed by atoms with Crippen LogP contribution in [-0.4, -0.2) is 35.5 Å². The molecule has 0 aromatic rings. The minimum atomic E-state index is -0.526. The van der Waals surface area contributed by atoms with Crippen molar-refractivity contribution < 1.29 is 14.3 Å². The lowest BCUT2D eigenvalue weighted by atomic mass is 9.83. The molecule has 108 valence electrons. The normalized spacial score (nSPS) is 22.7. The van der Waals surface area contributed by atoms with Crippen LogP contribution in [0.1, 0.15) is 48.0 Å². The van der Waals surface area contributed by atoms with Gasteiger partial charge in [0.1, 0.15) is 11.9 Å². The summed E-state index contributed by atoms with van der Waals surface area (Å²) in [7, 11) is 0. The molecule has 0 radical (unpaired) electrons. The number of nitrogens with zero attached hydrogens (tertiary/aromatic N) is 1. The Kier molecular flexibility index (Phi) is 4.43. The minimum Gasteiger partial charge on any atom is -0.444 e. The third-order valence-corrected chi connectivity index (χ3v) is 3.05. The Labute approximate surface area is 115 Å². The molecule has 0 saturated heterocycles. The zero-order chi connectivity index (χ0) is 14.8. The van der Waals surface area contributed by atoms with E-state index in [4.69, 9.17) is 4.74 Å². The second-order valence-electron chi connectivity index (χ2n) is 6.90. The molecule has 1 amide bonds. The molecule has 1 aliphatic rings. The van der Waals surface area contributed by atoms with Gasteiger partial charge < -0.3 is 14.4 Å². The first-order chi connectivity index (χ1) is 8.56.